The van der Waals surface area contributed by atoms with Gasteiger partial charge in [-0.3, -0.25) is 14.2 Å². The maximum absolute atomic E-state index is 13.4. The lowest BCUT2D eigenvalue weighted by molar-refractivity contribution is -0.113. The van der Waals surface area contributed by atoms with Crippen LogP contribution >= 0.6 is 23.1 Å². The van der Waals surface area contributed by atoms with Crippen LogP contribution < -0.4 is 15.6 Å². The molecule has 0 aliphatic rings. The minimum absolute atomic E-state index is 0.106. The number of amides is 1. The normalized spacial score (nSPS) is 11.0. The van der Waals surface area contributed by atoms with Gasteiger partial charge >= 0.3 is 0 Å². The van der Waals surface area contributed by atoms with Crippen molar-refractivity contribution in [3.05, 3.63) is 75.4 Å². The first-order valence-electron chi connectivity index (χ1n) is 10.2. The second kappa shape index (κ2) is 9.58. The molecule has 4 rings (SSSR count). The van der Waals surface area contributed by atoms with Crippen LogP contribution in [-0.4, -0.2) is 27.8 Å². The molecule has 2 aromatic heterocycles. The first-order valence-corrected chi connectivity index (χ1v) is 12.0. The number of nitrogens with zero attached hydrogens (tertiary/aromatic N) is 2. The highest BCUT2D eigenvalue weighted by atomic mass is 32.2. The highest BCUT2D eigenvalue weighted by molar-refractivity contribution is 7.99. The van der Waals surface area contributed by atoms with Crippen LogP contribution in [0.4, 0.5) is 5.69 Å². The van der Waals surface area contributed by atoms with Crippen molar-refractivity contribution in [2.24, 2.45) is 0 Å². The van der Waals surface area contributed by atoms with E-state index in [1.165, 1.54) is 23.1 Å². The van der Waals surface area contributed by atoms with E-state index in [-0.39, 0.29) is 17.2 Å². The molecule has 0 radical (unpaired) electrons. The van der Waals surface area contributed by atoms with Gasteiger partial charge in [0.05, 0.1) is 29.1 Å². The molecule has 0 saturated carbocycles. The molecule has 1 amide bonds. The lowest BCUT2D eigenvalue weighted by Gasteiger charge is -2.13. The molecular formula is C24H23N3O3S2. The number of fused-ring (bicyclic) bond motifs is 1. The zero-order valence-electron chi connectivity index (χ0n) is 18.0. The highest BCUT2D eigenvalue weighted by Crippen LogP contribution is 2.30. The fourth-order valence-corrected chi connectivity index (χ4v) is 5.23. The Morgan fingerprint density at radius 3 is 2.59 bits per heavy atom. The fraction of sp³-hybridized carbons (Fsp3) is 0.208. The Morgan fingerprint density at radius 1 is 1.12 bits per heavy atom. The Labute approximate surface area is 194 Å². The van der Waals surface area contributed by atoms with Crippen LogP contribution in [0.1, 0.15) is 17.4 Å². The SMILES string of the molecule is CCOc1ccccc1NC(=O)CSc1nc2sc(C)c(C)c2c(=O)n1-c1ccccc1. The van der Waals surface area contributed by atoms with E-state index in [1.54, 1.807) is 10.6 Å². The summed E-state index contributed by atoms with van der Waals surface area (Å²) in [6.07, 6.45) is 0. The Hall–Kier alpha value is -3.10. The number of aromatic nitrogens is 2. The number of hydrogen-bond donors (Lipinski definition) is 1. The molecule has 0 aliphatic carbocycles. The number of thioether (sulfide) groups is 1. The van der Waals surface area contributed by atoms with Crippen LogP contribution in [0.5, 0.6) is 5.75 Å². The standard InChI is InChI=1S/C24H23N3O3S2/c1-4-30-19-13-9-8-12-18(19)25-20(28)14-31-24-26-22-21(15(2)16(3)32-22)23(29)27(24)17-10-6-5-7-11-17/h5-13H,4,14H2,1-3H3,(H,25,28). The van der Waals surface area contributed by atoms with Gasteiger partial charge in [-0.1, -0.05) is 42.1 Å². The number of hydrogen-bond acceptors (Lipinski definition) is 6. The van der Waals surface area contributed by atoms with Gasteiger partial charge < -0.3 is 10.1 Å². The quantitative estimate of drug-likeness (QED) is 0.300. The average Bonchev–Trinajstić information content (AvgIpc) is 3.08. The fourth-order valence-electron chi connectivity index (χ4n) is 3.34. The first-order chi connectivity index (χ1) is 15.5. The Bertz CT molecular complexity index is 1330. The topological polar surface area (TPSA) is 73.2 Å². The molecule has 4 aromatic rings. The minimum Gasteiger partial charge on any atom is -0.492 e. The van der Waals surface area contributed by atoms with Gasteiger partial charge in [-0.05, 0) is 50.6 Å². The summed E-state index contributed by atoms with van der Waals surface area (Å²) in [4.78, 5) is 32.7. The van der Waals surface area contributed by atoms with Crippen molar-refractivity contribution in [1.82, 2.24) is 9.55 Å². The van der Waals surface area contributed by atoms with Gasteiger partial charge in [-0.15, -0.1) is 11.3 Å². The number of thiophene rings is 1. The molecule has 0 spiro atoms. The summed E-state index contributed by atoms with van der Waals surface area (Å²) < 4.78 is 7.17. The van der Waals surface area contributed by atoms with E-state index in [2.05, 4.69) is 5.32 Å². The minimum atomic E-state index is -0.199. The van der Waals surface area contributed by atoms with E-state index in [1.807, 2.05) is 69.3 Å². The lowest BCUT2D eigenvalue weighted by Crippen LogP contribution is -2.22. The number of rotatable bonds is 7. The molecular weight excluding hydrogens is 442 g/mol. The Morgan fingerprint density at radius 2 is 1.84 bits per heavy atom. The molecule has 0 aliphatic heterocycles. The highest BCUT2D eigenvalue weighted by Gasteiger charge is 2.19. The number of anilines is 1. The second-order valence-corrected chi connectivity index (χ2v) is 9.25. The number of carbonyl (C=O) groups excluding carboxylic acids is 1. The lowest BCUT2D eigenvalue weighted by atomic mass is 10.2. The third-order valence-corrected chi connectivity index (χ3v) is 7.02. The molecule has 0 bridgehead atoms. The van der Waals surface area contributed by atoms with E-state index in [0.717, 1.165) is 16.1 Å². The maximum Gasteiger partial charge on any atom is 0.267 e. The van der Waals surface area contributed by atoms with Gasteiger partial charge in [-0.25, -0.2) is 4.98 Å². The molecule has 0 fully saturated rings. The van der Waals surface area contributed by atoms with Gasteiger partial charge in [0, 0.05) is 4.88 Å². The van der Waals surface area contributed by atoms with E-state index in [4.69, 9.17) is 9.72 Å². The van der Waals surface area contributed by atoms with Crippen LogP contribution in [0.3, 0.4) is 0 Å². The van der Waals surface area contributed by atoms with Crippen molar-refractivity contribution in [3.8, 4) is 11.4 Å². The molecule has 0 atom stereocenters. The third-order valence-electron chi connectivity index (χ3n) is 4.98. The summed E-state index contributed by atoms with van der Waals surface area (Å²) in [5.74, 6) is 0.530. The van der Waals surface area contributed by atoms with Gasteiger partial charge in [0.2, 0.25) is 5.91 Å². The second-order valence-electron chi connectivity index (χ2n) is 7.10. The van der Waals surface area contributed by atoms with Gasteiger partial charge in [0.25, 0.3) is 5.56 Å². The number of nitrogens with one attached hydrogen (secondary N) is 1. The van der Waals surface area contributed by atoms with Crippen LogP contribution in [0.2, 0.25) is 0 Å². The molecule has 2 aromatic carbocycles. The van der Waals surface area contributed by atoms with E-state index in [9.17, 15) is 9.59 Å². The van der Waals surface area contributed by atoms with Crippen molar-refractivity contribution in [3.63, 3.8) is 0 Å². The van der Waals surface area contributed by atoms with Crippen molar-refractivity contribution in [1.29, 1.82) is 0 Å². The molecule has 6 nitrogen and oxygen atoms in total. The molecule has 0 unspecified atom stereocenters. The third kappa shape index (κ3) is 4.42. The van der Waals surface area contributed by atoms with Crippen molar-refractivity contribution in [2.75, 3.05) is 17.7 Å². The molecule has 8 heteroatoms. The summed E-state index contributed by atoms with van der Waals surface area (Å²) >= 11 is 2.74. The van der Waals surface area contributed by atoms with E-state index >= 15 is 0 Å². The Balaban J connectivity index is 1.66. The monoisotopic (exact) mass is 465 g/mol. The zero-order chi connectivity index (χ0) is 22.7. The van der Waals surface area contributed by atoms with Crippen LogP contribution in [0.15, 0.2) is 64.5 Å². The zero-order valence-corrected chi connectivity index (χ0v) is 19.7. The summed E-state index contributed by atoms with van der Waals surface area (Å²) in [6.45, 7) is 6.34. The van der Waals surface area contributed by atoms with Crippen LogP contribution in [-0.2, 0) is 4.79 Å². The van der Waals surface area contributed by atoms with E-state index < -0.39 is 0 Å². The molecule has 32 heavy (non-hydrogen) atoms. The number of para-hydroxylation sites is 3. The smallest absolute Gasteiger partial charge is 0.267 e. The number of carbonyl (C=O) groups is 1. The predicted molar refractivity (Wildman–Crippen MR) is 132 cm³/mol. The number of aryl methyl sites for hydroxylation is 2. The largest absolute Gasteiger partial charge is 0.492 e. The van der Waals surface area contributed by atoms with Crippen molar-refractivity contribution >= 4 is 44.9 Å². The van der Waals surface area contributed by atoms with E-state index in [0.29, 0.717) is 33.4 Å². The summed E-state index contributed by atoms with van der Waals surface area (Å²) in [6, 6.07) is 16.7. The predicted octanol–water partition coefficient (Wildman–Crippen LogP) is 5.19. The van der Waals surface area contributed by atoms with Crippen LogP contribution in [0.25, 0.3) is 15.9 Å². The molecule has 0 saturated heterocycles. The van der Waals surface area contributed by atoms with Crippen LogP contribution in [0, 0.1) is 13.8 Å². The molecule has 164 valence electrons. The number of benzene rings is 2. The van der Waals surface area contributed by atoms with Gasteiger partial charge in [0.1, 0.15) is 10.6 Å². The van der Waals surface area contributed by atoms with Gasteiger partial charge in [0.15, 0.2) is 5.16 Å². The summed E-state index contributed by atoms with van der Waals surface area (Å²) in [7, 11) is 0. The van der Waals surface area contributed by atoms with Crippen molar-refractivity contribution < 1.29 is 9.53 Å². The molecule has 2 heterocycles. The summed E-state index contributed by atoms with van der Waals surface area (Å²) in [5, 5.41) is 4.02. The first kappa shape index (κ1) is 22.1. The average molecular weight is 466 g/mol. The number of ether oxygens (including phenoxy) is 1. The maximum atomic E-state index is 13.4. The van der Waals surface area contributed by atoms with Gasteiger partial charge in [-0.2, -0.15) is 0 Å². The summed E-state index contributed by atoms with van der Waals surface area (Å²) in [5.41, 5.74) is 2.18. The molecule has 1 N–H and O–H groups in total. The Kier molecular flexibility index (Phi) is 6.62. The van der Waals surface area contributed by atoms with Crippen molar-refractivity contribution in [2.45, 2.75) is 25.9 Å².